The topological polar surface area (TPSA) is 65.8 Å². The number of halogens is 1. The van der Waals surface area contributed by atoms with Crippen molar-refractivity contribution in [2.24, 2.45) is 15.9 Å². The Morgan fingerprint density at radius 3 is 2.73 bits per heavy atom. The van der Waals surface area contributed by atoms with Gasteiger partial charge in [-0.3, -0.25) is 9.79 Å². The average molecular weight is 377 g/mol. The maximum Gasteiger partial charge on any atom is 0.241 e. The first-order valence-corrected chi connectivity index (χ1v) is 10.6. The second-order valence-electron chi connectivity index (χ2n) is 7.33. The van der Waals surface area contributed by atoms with E-state index in [-0.39, 0.29) is 11.9 Å². The highest BCUT2D eigenvalue weighted by atomic mass is 32.2. The van der Waals surface area contributed by atoms with E-state index < -0.39 is 11.7 Å². The summed E-state index contributed by atoms with van der Waals surface area (Å²) < 4.78 is 14.5. The fraction of sp³-hybridized carbons (Fsp3) is 0.632. The Hall–Kier alpha value is -1.47. The number of rotatable bonds is 4. The van der Waals surface area contributed by atoms with Crippen molar-refractivity contribution in [3.8, 4) is 0 Å². The molecule has 0 bridgehead atoms. The molecule has 0 spiro atoms. The highest BCUT2D eigenvalue weighted by Crippen LogP contribution is 2.31. The molecule has 1 amide bonds. The molecule has 26 heavy (non-hydrogen) atoms. The third-order valence-electron chi connectivity index (χ3n) is 5.35. The maximum absolute atomic E-state index is 14.5. The van der Waals surface area contributed by atoms with E-state index in [1.807, 2.05) is 11.8 Å². The Bertz CT molecular complexity index is 688. The molecule has 4 rings (SSSR count). The Morgan fingerprint density at radius 1 is 1.19 bits per heavy atom. The number of amidine groups is 1. The van der Waals surface area contributed by atoms with Crippen molar-refractivity contribution in [1.82, 2.24) is 10.6 Å². The Kier molecular flexibility index (Phi) is 5.55. The molecule has 2 aliphatic carbocycles. The number of nitrogens with zero attached hydrogens (tertiary/aromatic N) is 2. The standard InChI is InChI=1S/C19H25FN4OS/c20-15-9-13(22-12-3-1-2-4-12)10-16-18(15)19(25)24-17(23-16)11-26-14-5-7-21-8-6-14/h9-10,12,14,18,21H,1-8,11H2,(H,23,24,25). The fourth-order valence-electron chi connectivity index (χ4n) is 3.94. The monoisotopic (exact) mass is 376 g/mol. The van der Waals surface area contributed by atoms with Crippen LogP contribution >= 0.6 is 11.8 Å². The lowest BCUT2D eigenvalue weighted by Crippen LogP contribution is -2.43. The van der Waals surface area contributed by atoms with E-state index >= 15 is 0 Å². The molecule has 5 nitrogen and oxygen atoms in total. The van der Waals surface area contributed by atoms with Gasteiger partial charge in [0.25, 0.3) is 0 Å². The van der Waals surface area contributed by atoms with E-state index in [0.717, 1.165) is 38.8 Å². The zero-order chi connectivity index (χ0) is 17.9. The van der Waals surface area contributed by atoms with Gasteiger partial charge in [0, 0.05) is 5.25 Å². The van der Waals surface area contributed by atoms with Crippen molar-refractivity contribution in [3.63, 3.8) is 0 Å². The lowest BCUT2D eigenvalue weighted by atomic mass is 9.94. The first-order valence-electron chi connectivity index (χ1n) is 9.56. The van der Waals surface area contributed by atoms with Crippen LogP contribution in [0.1, 0.15) is 38.5 Å². The van der Waals surface area contributed by atoms with Crippen LogP contribution in [0.3, 0.4) is 0 Å². The fourth-order valence-corrected chi connectivity index (χ4v) is 5.04. The van der Waals surface area contributed by atoms with E-state index in [1.165, 1.54) is 18.9 Å². The van der Waals surface area contributed by atoms with Gasteiger partial charge in [0.1, 0.15) is 17.6 Å². The van der Waals surface area contributed by atoms with E-state index in [4.69, 9.17) is 0 Å². The van der Waals surface area contributed by atoms with Gasteiger partial charge in [0.2, 0.25) is 5.91 Å². The van der Waals surface area contributed by atoms with Gasteiger partial charge in [-0.05, 0) is 50.9 Å². The minimum Gasteiger partial charge on any atom is -0.317 e. The summed E-state index contributed by atoms with van der Waals surface area (Å²) >= 11 is 1.82. The van der Waals surface area contributed by atoms with Crippen LogP contribution in [0.2, 0.25) is 0 Å². The smallest absolute Gasteiger partial charge is 0.241 e. The van der Waals surface area contributed by atoms with Crippen molar-refractivity contribution in [2.75, 3.05) is 18.8 Å². The molecule has 2 fully saturated rings. The number of fused-ring (bicyclic) bond motifs is 1. The SMILES string of the molecule is O=C1NC(CSC2CCNCC2)=NC2=CC(=NC3CCCC3)C=C(F)C12. The second-order valence-corrected chi connectivity index (χ2v) is 8.62. The predicted molar refractivity (Wildman–Crippen MR) is 104 cm³/mol. The number of nitrogens with one attached hydrogen (secondary N) is 2. The number of aliphatic imine (C=N–C) groups is 2. The average Bonchev–Trinajstić information content (AvgIpc) is 3.13. The molecular weight excluding hydrogens is 351 g/mol. The van der Waals surface area contributed by atoms with Crippen LogP contribution in [0.4, 0.5) is 4.39 Å². The van der Waals surface area contributed by atoms with Crippen LogP contribution in [-0.4, -0.2) is 47.6 Å². The molecule has 140 valence electrons. The van der Waals surface area contributed by atoms with Gasteiger partial charge in [-0.2, -0.15) is 11.8 Å². The molecule has 2 aliphatic heterocycles. The molecule has 0 radical (unpaired) electrons. The third-order valence-corrected chi connectivity index (χ3v) is 6.73. The van der Waals surface area contributed by atoms with Gasteiger partial charge in [-0.25, -0.2) is 9.38 Å². The number of allylic oxidation sites excluding steroid dienone is 2. The van der Waals surface area contributed by atoms with Crippen LogP contribution < -0.4 is 10.6 Å². The molecule has 0 aromatic rings. The molecule has 2 heterocycles. The molecule has 7 heteroatoms. The van der Waals surface area contributed by atoms with Gasteiger partial charge >= 0.3 is 0 Å². The van der Waals surface area contributed by atoms with Crippen molar-refractivity contribution in [2.45, 2.75) is 49.8 Å². The minimum absolute atomic E-state index is 0.277. The molecule has 1 saturated heterocycles. The van der Waals surface area contributed by atoms with Crippen molar-refractivity contribution < 1.29 is 9.18 Å². The van der Waals surface area contributed by atoms with Gasteiger partial charge in [-0.1, -0.05) is 12.8 Å². The zero-order valence-electron chi connectivity index (χ0n) is 14.8. The van der Waals surface area contributed by atoms with E-state index in [2.05, 4.69) is 20.6 Å². The number of hydrogen-bond acceptors (Lipinski definition) is 5. The Morgan fingerprint density at radius 2 is 1.96 bits per heavy atom. The second kappa shape index (κ2) is 8.05. The largest absolute Gasteiger partial charge is 0.317 e. The molecule has 1 atom stereocenters. The zero-order valence-corrected chi connectivity index (χ0v) is 15.7. The lowest BCUT2D eigenvalue weighted by molar-refractivity contribution is -0.122. The number of thioether (sulfide) groups is 1. The number of amides is 1. The minimum atomic E-state index is -0.912. The number of carbonyl (C=O) groups is 1. The van der Waals surface area contributed by atoms with E-state index in [0.29, 0.717) is 28.2 Å². The first-order chi connectivity index (χ1) is 12.7. The summed E-state index contributed by atoms with van der Waals surface area (Å²) in [5, 5.41) is 6.73. The summed E-state index contributed by atoms with van der Waals surface area (Å²) in [6.45, 7) is 2.08. The van der Waals surface area contributed by atoms with Crippen LogP contribution in [0, 0.1) is 5.92 Å². The predicted octanol–water partition coefficient (Wildman–Crippen LogP) is 2.75. The van der Waals surface area contributed by atoms with Crippen molar-refractivity contribution in [3.05, 3.63) is 23.7 Å². The quantitative estimate of drug-likeness (QED) is 0.793. The number of carbonyl (C=O) groups excluding carboxylic acids is 1. The third kappa shape index (κ3) is 4.09. The molecule has 0 aromatic carbocycles. The molecule has 1 saturated carbocycles. The number of hydrogen-bond donors (Lipinski definition) is 2. The van der Waals surface area contributed by atoms with Crippen LogP contribution in [0.15, 0.2) is 33.7 Å². The summed E-state index contributed by atoms with van der Waals surface area (Å²) in [4.78, 5) is 21.6. The maximum atomic E-state index is 14.5. The molecular formula is C19H25FN4OS. The van der Waals surface area contributed by atoms with E-state index in [9.17, 15) is 9.18 Å². The highest BCUT2D eigenvalue weighted by molar-refractivity contribution is 8.00. The highest BCUT2D eigenvalue weighted by Gasteiger charge is 2.35. The summed E-state index contributed by atoms with van der Waals surface area (Å²) in [6, 6.07) is 0.277. The molecule has 4 aliphatic rings. The summed E-state index contributed by atoms with van der Waals surface area (Å²) in [6.07, 6.45) is 9.95. The van der Waals surface area contributed by atoms with Gasteiger partial charge in [0.15, 0.2) is 0 Å². The number of piperidine rings is 1. The Labute approximate surface area is 157 Å². The lowest BCUT2D eigenvalue weighted by Gasteiger charge is -2.27. The normalized spacial score (nSPS) is 29.1. The van der Waals surface area contributed by atoms with Crippen molar-refractivity contribution >= 4 is 29.2 Å². The molecule has 0 aromatic heterocycles. The van der Waals surface area contributed by atoms with Crippen LogP contribution in [0.5, 0.6) is 0 Å². The molecule has 2 N–H and O–H groups in total. The van der Waals surface area contributed by atoms with Gasteiger partial charge < -0.3 is 10.6 Å². The first kappa shape index (κ1) is 17.9. The van der Waals surface area contributed by atoms with E-state index in [1.54, 1.807) is 6.08 Å². The van der Waals surface area contributed by atoms with Gasteiger partial charge in [0.05, 0.1) is 23.2 Å². The van der Waals surface area contributed by atoms with Crippen molar-refractivity contribution in [1.29, 1.82) is 0 Å². The van der Waals surface area contributed by atoms with Crippen LogP contribution in [-0.2, 0) is 4.79 Å². The summed E-state index contributed by atoms with van der Waals surface area (Å²) in [5.41, 5.74) is 1.11. The Balaban J connectivity index is 1.48. The summed E-state index contributed by atoms with van der Waals surface area (Å²) in [7, 11) is 0. The summed E-state index contributed by atoms with van der Waals surface area (Å²) in [5.74, 6) is -0.395. The van der Waals surface area contributed by atoms with Gasteiger partial charge in [-0.15, -0.1) is 0 Å². The molecule has 1 unspecified atom stereocenters. The van der Waals surface area contributed by atoms with Crippen LogP contribution in [0.25, 0.3) is 0 Å².